The van der Waals surface area contributed by atoms with E-state index in [2.05, 4.69) is 25.7 Å². The van der Waals surface area contributed by atoms with Gasteiger partial charge in [-0.15, -0.1) is 0 Å². The SMILES string of the molecule is CC(C)(C)CC(N)CC(=O)N(CC1CCCCC1)C1CC1. The third kappa shape index (κ3) is 5.98. The van der Waals surface area contributed by atoms with E-state index < -0.39 is 0 Å². The van der Waals surface area contributed by atoms with Crippen molar-refractivity contribution in [3.05, 3.63) is 0 Å². The molecular weight excluding hydrogens is 260 g/mol. The summed E-state index contributed by atoms with van der Waals surface area (Å²) >= 11 is 0. The van der Waals surface area contributed by atoms with Gasteiger partial charge >= 0.3 is 0 Å². The van der Waals surface area contributed by atoms with Gasteiger partial charge in [-0.05, 0) is 43.4 Å². The van der Waals surface area contributed by atoms with Gasteiger partial charge in [0, 0.05) is 25.0 Å². The Labute approximate surface area is 130 Å². The fourth-order valence-corrected chi connectivity index (χ4v) is 3.69. The Morgan fingerprint density at radius 3 is 2.29 bits per heavy atom. The highest BCUT2D eigenvalue weighted by Gasteiger charge is 2.34. The Balaban J connectivity index is 1.84. The molecule has 0 spiro atoms. The van der Waals surface area contributed by atoms with Crippen LogP contribution in [0.5, 0.6) is 0 Å². The van der Waals surface area contributed by atoms with Crippen LogP contribution in [0.15, 0.2) is 0 Å². The van der Waals surface area contributed by atoms with Gasteiger partial charge in [-0.3, -0.25) is 4.79 Å². The number of nitrogens with two attached hydrogens (primary N) is 1. The molecule has 2 saturated carbocycles. The zero-order valence-corrected chi connectivity index (χ0v) is 14.2. The van der Waals surface area contributed by atoms with Crippen molar-refractivity contribution in [3.63, 3.8) is 0 Å². The van der Waals surface area contributed by atoms with Crippen molar-refractivity contribution >= 4 is 5.91 Å². The fourth-order valence-electron chi connectivity index (χ4n) is 3.69. The zero-order valence-electron chi connectivity index (χ0n) is 14.2. The van der Waals surface area contributed by atoms with Crippen LogP contribution in [0.1, 0.15) is 78.6 Å². The first-order valence-electron chi connectivity index (χ1n) is 8.90. The standard InChI is InChI=1S/C18H34N2O/c1-18(2,3)12-15(19)11-17(21)20(16-9-10-16)13-14-7-5-4-6-8-14/h14-16H,4-13,19H2,1-3H3. The van der Waals surface area contributed by atoms with E-state index in [-0.39, 0.29) is 11.5 Å². The maximum Gasteiger partial charge on any atom is 0.224 e. The van der Waals surface area contributed by atoms with Gasteiger partial charge in [0.25, 0.3) is 0 Å². The van der Waals surface area contributed by atoms with E-state index in [9.17, 15) is 4.79 Å². The molecule has 2 rings (SSSR count). The molecule has 2 aliphatic rings. The van der Waals surface area contributed by atoms with Gasteiger partial charge in [-0.25, -0.2) is 0 Å². The molecule has 0 aromatic heterocycles. The molecule has 1 amide bonds. The number of amides is 1. The third-order valence-corrected chi connectivity index (χ3v) is 4.80. The maximum absolute atomic E-state index is 12.6. The van der Waals surface area contributed by atoms with Crippen LogP contribution in [0.25, 0.3) is 0 Å². The highest BCUT2D eigenvalue weighted by molar-refractivity contribution is 5.77. The molecule has 1 unspecified atom stereocenters. The predicted octanol–water partition coefficient (Wildman–Crippen LogP) is 3.71. The van der Waals surface area contributed by atoms with Gasteiger partial charge in [-0.1, -0.05) is 40.0 Å². The van der Waals surface area contributed by atoms with Crippen LogP contribution >= 0.6 is 0 Å². The summed E-state index contributed by atoms with van der Waals surface area (Å²) in [6.45, 7) is 7.57. The van der Waals surface area contributed by atoms with Crippen LogP contribution in [0, 0.1) is 11.3 Å². The van der Waals surface area contributed by atoms with E-state index in [0.29, 0.717) is 18.4 Å². The lowest BCUT2D eigenvalue weighted by molar-refractivity contribution is -0.133. The van der Waals surface area contributed by atoms with Crippen molar-refractivity contribution in [1.82, 2.24) is 4.90 Å². The molecule has 2 N–H and O–H groups in total. The molecule has 122 valence electrons. The van der Waals surface area contributed by atoms with E-state index in [1.807, 2.05) is 0 Å². The van der Waals surface area contributed by atoms with E-state index in [4.69, 9.17) is 5.73 Å². The summed E-state index contributed by atoms with van der Waals surface area (Å²) in [5.41, 5.74) is 6.41. The number of hydrogen-bond donors (Lipinski definition) is 1. The minimum Gasteiger partial charge on any atom is -0.339 e. The molecule has 0 aromatic rings. The second-order valence-electron chi connectivity index (χ2n) is 8.51. The monoisotopic (exact) mass is 294 g/mol. The molecule has 0 heterocycles. The topological polar surface area (TPSA) is 46.3 Å². The Hall–Kier alpha value is -0.570. The van der Waals surface area contributed by atoms with E-state index in [1.54, 1.807) is 0 Å². The highest BCUT2D eigenvalue weighted by atomic mass is 16.2. The maximum atomic E-state index is 12.6. The first-order valence-corrected chi connectivity index (χ1v) is 8.90. The molecule has 0 aliphatic heterocycles. The fraction of sp³-hybridized carbons (Fsp3) is 0.944. The van der Waals surface area contributed by atoms with Gasteiger partial charge < -0.3 is 10.6 Å². The number of nitrogens with zero attached hydrogens (tertiary/aromatic N) is 1. The van der Waals surface area contributed by atoms with Crippen molar-refractivity contribution in [2.75, 3.05) is 6.54 Å². The summed E-state index contributed by atoms with van der Waals surface area (Å²) in [5.74, 6) is 1.04. The lowest BCUT2D eigenvalue weighted by Crippen LogP contribution is -2.41. The van der Waals surface area contributed by atoms with Crippen molar-refractivity contribution in [1.29, 1.82) is 0 Å². The van der Waals surface area contributed by atoms with Crippen LogP contribution in [0.4, 0.5) is 0 Å². The quantitative estimate of drug-likeness (QED) is 0.811. The first kappa shape index (κ1) is 16.8. The van der Waals surface area contributed by atoms with Crippen molar-refractivity contribution < 1.29 is 4.79 Å². The average Bonchev–Trinajstić information content (AvgIpc) is 3.18. The average molecular weight is 294 g/mol. The second kappa shape index (κ2) is 7.13. The highest BCUT2D eigenvalue weighted by Crippen LogP contribution is 2.32. The summed E-state index contributed by atoms with van der Waals surface area (Å²) < 4.78 is 0. The van der Waals surface area contributed by atoms with Crippen molar-refractivity contribution in [2.45, 2.75) is 90.6 Å². The smallest absolute Gasteiger partial charge is 0.224 e. The van der Waals surface area contributed by atoms with Crippen LogP contribution in [-0.4, -0.2) is 29.4 Å². The van der Waals surface area contributed by atoms with Gasteiger partial charge in [0.15, 0.2) is 0 Å². The van der Waals surface area contributed by atoms with Gasteiger partial charge in [0.1, 0.15) is 0 Å². The molecule has 0 aromatic carbocycles. The molecule has 0 radical (unpaired) electrons. The molecule has 1 atom stereocenters. The number of rotatable bonds is 6. The molecule has 0 bridgehead atoms. The molecule has 2 fully saturated rings. The Morgan fingerprint density at radius 2 is 1.76 bits per heavy atom. The van der Waals surface area contributed by atoms with Crippen LogP contribution in [0.3, 0.4) is 0 Å². The predicted molar refractivity (Wildman–Crippen MR) is 88.0 cm³/mol. The van der Waals surface area contributed by atoms with Crippen molar-refractivity contribution in [3.8, 4) is 0 Å². The van der Waals surface area contributed by atoms with E-state index >= 15 is 0 Å². The Bertz CT molecular complexity index is 338. The lowest BCUT2D eigenvalue weighted by atomic mass is 9.87. The summed E-state index contributed by atoms with van der Waals surface area (Å²) in [6.07, 6.45) is 10.5. The van der Waals surface area contributed by atoms with Crippen molar-refractivity contribution in [2.24, 2.45) is 17.1 Å². The lowest BCUT2D eigenvalue weighted by Gasteiger charge is -2.31. The van der Waals surface area contributed by atoms with Gasteiger partial charge in [0.05, 0.1) is 0 Å². The van der Waals surface area contributed by atoms with Crippen LogP contribution in [-0.2, 0) is 4.79 Å². The number of carbonyl (C=O) groups is 1. The number of hydrogen-bond acceptors (Lipinski definition) is 2. The number of carbonyl (C=O) groups excluding carboxylic acids is 1. The van der Waals surface area contributed by atoms with Crippen LogP contribution < -0.4 is 5.73 Å². The molecular formula is C18H34N2O. The largest absolute Gasteiger partial charge is 0.339 e. The normalized spacial score (nSPS) is 22.1. The summed E-state index contributed by atoms with van der Waals surface area (Å²) in [7, 11) is 0. The minimum absolute atomic E-state index is 0.00473. The molecule has 21 heavy (non-hydrogen) atoms. The molecule has 3 heteroatoms. The molecule has 0 saturated heterocycles. The Kier molecular flexibility index (Phi) is 5.70. The van der Waals surface area contributed by atoms with Gasteiger partial charge in [-0.2, -0.15) is 0 Å². The summed E-state index contributed by atoms with van der Waals surface area (Å²) in [6, 6.07) is 0.534. The summed E-state index contributed by atoms with van der Waals surface area (Å²) in [5, 5.41) is 0. The van der Waals surface area contributed by atoms with Crippen LogP contribution in [0.2, 0.25) is 0 Å². The van der Waals surface area contributed by atoms with E-state index in [0.717, 1.165) is 18.9 Å². The first-order chi connectivity index (χ1) is 9.85. The second-order valence-corrected chi connectivity index (χ2v) is 8.51. The molecule has 3 nitrogen and oxygen atoms in total. The summed E-state index contributed by atoms with van der Waals surface area (Å²) in [4.78, 5) is 14.8. The minimum atomic E-state index is 0.00473. The van der Waals surface area contributed by atoms with E-state index in [1.165, 1.54) is 44.9 Å². The Morgan fingerprint density at radius 1 is 1.14 bits per heavy atom. The molecule has 2 aliphatic carbocycles. The van der Waals surface area contributed by atoms with Gasteiger partial charge in [0.2, 0.25) is 5.91 Å². The third-order valence-electron chi connectivity index (χ3n) is 4.80. The zero-order chi connectivity index (χ0) is 15.5.